The molecule has 1 aliphatic rings. The first-order valence-electron chi connectivity index (χ1n) is 12.4. The summed E-state index contributed by atoms with van der Waals surface area (Å²) in [5.74, 6) is -0.0412. The third-order valence-electron chi connectivity index (χ3n) is 5.89. The molecule has 37 heavy (non-hydrogen) atoms. The standard InChI is InChI=1S/C27H37N3O5S2/c1-27(2,3)35-26(33)37-20-13-19(29-16-20)15-28-18-12-17-8-6-7-9-21(17)22(14-18)24(31)30-23(10-11-36-5)25(32)34-4/h6-9,12,14,19-20,23,28-29H,10-11,13,15-16H2,1-5H3,(H,30,31). The van der Waals surface area contributed by atoms with Crippen LogP contribution in [0.4, 0.5) is 10.5 Å². The van der Waals surface area contributed by atoms with E-state index in [4.69, 9.17) is 9.47 Å². The lowest BCUT2D eigenvalue weighted by atomic mass is 10.0. The van der Waals surface area contributed by atoms with Gasteiger partial charge in [-0.3, -0.25) is 4.79 Å². The number of thioether (sulfide) groups is 2. The first kappa shape index (κ1) is 29.1. The molecule has 1 heterocycles. The maximum Gasteiger partial charge on any atom is 0.368 e. The Morgan fingerprint density at radius 1 is 1.19 bits per heavy atom. The van der Waals surface area contributed by atoms with Crippen molar-refractivity contribution in [3.8, 4) is 0 Å². The molecule has 8 nitrogen and oxygen atoms in total. The Kier molecular flexibility index (Phi) is 10.5. The fraction of sp³-hybridized carbons (Fsp3) is 0.519. The molecule has 3 N–H and O–H groups in total. The molecule has 0 spiro atoms. The maximum absolute atomic E-state index is 13.3. The number of nitrogens with one attached hydrogen (secondary N) is 3. The van der Waals surface area contributed by atoms with E-state index in [1.165, 1.54) is 18.9 Å². The van der Waals surface area contributed by atoms with Crippen LogP contribution in [0, 0.1) is 0 Å². The second-order valence-corrected chi connectivity index (χ2v) is 12.2. The zero-order valence-corrected chi connectivity index (χ0v) is 23.7. The molecule has 0 saturated carbocycles. The van der Waals surface area contributed by atoms with Gasteiger partial charge >= 0.3 is 11.3 Å². The van der Waals surface area contributed by atoms with Gasteiger partial charge in [-0.2, -0.15) is 11.8 Å². The average molecular weight is 548 g/mol. The van der Waals surface area contributed by atoms with E-state index < -0.39 is 17.6 Å². The van der Waals surface area contributed by atoms with Crippen LogP contribution in [0.15, 0.2) is 36.4 Å². The SMILES string of the molecule is COC(=O)C(CCSC)NC(=O)c1cc(NCC2CC(SC(=O)OC(C)(C)C)CN2)cc2ccccc12. The molecule has 1 amide bonds. The van der Waals surface area contributed by atoms with Crippen LogP contribution in [-0.4, -0.2) is 72.3 Å². The summed E-state index contributed by atoms with van der Waals surface area (Å²) in [6.07, 6.45) is 3.27. The number of ether oxygens (including phenoxy) is 2. The van der Waals surface area contributed by atoms with E-state index in [-0.39, 0.29) is 22.5 Å². The van der Waals surface area contributed by atoms with E-state index in [9.17, 15) is 14.4 Å². The lowest BCUT2D eigenvalue weighted by Gasteiger charge is -2.20. The molecular formula is C27H37N3O5S2. The zero-order chi connectivity index (χ0) is 27.0. The van der Waals surface area contributed by atoms with Gasteiger partial charge in [-0.1, -0.05) is 24.3 Å². The maximum atomic E-state index is 13.3. The molecule has 0 bridgehead atoms. The minimum atomic E-state index is -0.706. The van der Waals surface area contributed by atoms with Gasteiger partial charge in [0.25, 0.3) is 5.91 Å². The summed E-state index contributed by atoms with van der Waals surface area (Å²) < 4.78 is 10.3. The first-order chi connectivity index (χ1) is 17.6. The topological polar surface area (TPSA) is 106 Å². The minimum Gasteiger partial charge on any atom is -0.467 e. The lowest BCUT2D eigenvalue weighted by molar-refractivity contribution is -0.142. The van der Waals surface area contributed by atoms with Gasteiger partial charge in [0.05, 0.1) is 7.11 Å². The summed E-state index contributed by atoms with van der Waals surface area (Å²) in [6, 6.07) is 11.0. The number of hydrogen-bond acceptors (Lipinski definition) is 9. The van der Waals surface area contributed by atoms with Gasteiger partial charge in [-0.25, -0.2) is 9.59 Å². The van der Waals surface area contributed by atoms with Crippen molar-refractivity contribution >= 4 is 57.2 Å². The van der Waals surface area contributed by atoms with Crippen molar-refractivity contribution < 1.29 is 23.9 Å². The number of hydrogen-bond donors (Lipinski definition) is 3. The molecule has 3 unspecified atom stereocenters. The Bertz CT molecular complexity index is 1110. The summed E-state index contributed by atoms with van der Waals surface area (Å²) in [5.41, 5.74) is 0.812. The van der Waals surface area contributed by atoms with Crippen molar-refractivity contribution in [2.45, 2.75) is 56.5 Å². The van der Waals surface area contributed by atoms with Gasteiger partial charge in [0.15, 0.2) is 0 Å². The number of methoxy groups -OCH3 is 1. The Labute approximate surface area is 227 Å². The Hall–Kier alpha value is -2.43. The highest BCUT2D eigenvalue weighted by Gasteiger charge is 2.29. The third kappa shape index (κ3) is 8.83. The zero-order valence-electron chi connectivity index (χ0n) is 22.1. The summed E-state index contributed by atoms with van der Waals surface area (Å²) in [7, 11) is 1.33. The number of fused-ring (bicyclic) bond motifs is 1. The molecule has 10 heteroatoms. The summed E-state index contributed by atoms with van der Waals surface area (Å²) in [6.45, 7) is 6.96. The number of anilines is 1. The number of esters is 1. The van der Waals surface area contributed by atoms with Gasteiger partial charge < -0.3 is 25.4 Å². The van der Waals surface area contributed by atoms with Crippen molar-refractivity contribution in [2.24, 2.45) is 0 Å². The normalized spacial score (nSPS) is 18.3. The molecule has 2 aromatic rings. The molecule has 202 valence electrons. The summed E-state index contributed by atoms with van der Waals surface area (Å²) in [5, 5.41) is 11.4. The van der Waals surface area contributed by atoms with Gasteiger partial charge in [-0.05, 0) is 80.3 Å². The number of carbonyl (C=O) groups excluding carboxylic acids is 3. The smallest absolute Gasteiger partial charge is 0.368 e. The second-order valence-electron chi connectivity index (χ2n) is 10.0. The number of benzene rings is 2. The van der Waals surface area contributed by atoms with Crippen LogP contribution in [0.25, 0.3) is 10.8 Å². The lowest BCUT2D eigenvalue weighted by Crippen LogP contribution is -2.42. The summed E-state index contributed by atoms with van der Waals surface area (Å²) in [4.78, 5) is 37.7. The fourth-order valence-electron chi connectivity index (χ4n) is 4.14. The second kappa shape index (κ2) is 13.4. The fourth-order valence-corrected chi connectivity index (χ4v) is 5.69. The van der Waals surface area contributed by atoms with Crippen LogP contribution in [0.1, 0.15) is 44.0 Å². The van der Waals surface area contributed by atoms with Crippen LogP contribution in [0.5, 0.6) is 0 Å². The number of amides is 1. The monoisotopic (exact) mass is 547 g/mol. The van der Waals surface area contributed by atoms with Crippen molar-refractivity contribution in [1.82, 2.24) is 10.6 Å². The molecule has 3 atom stereocenters. The molecule has 1 aliphatic heterocycles. The Morgan fingerprint density at radius 3 is 2.65 bits per heavy atom. The quantitative estimate of drug-likeness (QED) is 0.366. The largest absolute Gasteiger partial charge is 0.467 e. The van der Waals surface area contributed by atoms with Gasteiger partial charge in [0.1, 0.15) is 11.6 Å². The van der Waals surface area contributed by atoms with E-state index in [2.05, 4.69) is 16.0 Å². The van der Waals surface area contributed by atoms with Gasteiger partial charge in [-0.15, -0.1) is 0 Å². The van der Waals surface area contributed by atoms with Crippen LogP contribution < -0.4 is 16.0 Å². The predicted molar refractivity (Wildman–Crippen MR) is 153 cm³/mol. The van der Waals surface area contributed by atoms with Gasteiger partial charge in [0, 0.05) is 35.6 Å². The third-order valence-corrected chi connectivity index (χ3v) is 7.51. The highest BCUT2D eigenvalue weighted by Crippen LogP contribution is 2.27. The van der Waals surface area contributed by atoms with E-state index >= 15 is 0 Å². The molecule has 2 aromatic carbocycles. The molecule has 0 aliphatic carbocycles. The first-order valence-corrected chi connectivity index (χ1v) is 14.6. The van der Waals surface area contributed by atoms with E-state index in [0.717, 1.165) is 35.2 Å². The van der Waals surface area contributed by atoms with Crippen molar-refractivity contribution in [3.05, 3.63) is 42.0 Å². The Balaban J connectivity index is 1.67. The summed E-state index contributed by atoms with van der Waals surface area (Å²) >= 11 is 2.85. The number of carbonyl (C=O) groups is 3. The van der Waals surface area contributed by atoms with Crippen molar-refractivity contribution in [3.63, 3.8) is 0 Å². The average Bonchev–Trinajstić information content (AvgIpc) is 3.29. The van der Waals surface area contributed by atoms with E-state index in [0.29, 0.717) is 18.5 Å². The van der Waals surface area contributed by atoms with Crippen LogP contribution >= 0.6 is 23.5 Å². The molecule has 0 aromatic heterocycles. The van der Waals surface area contributed by atoms with E-state index in [1.54, 1.807) is 11.8 Å². The Morgan fingerprint density at radius 2 is 1.95 bits per heavy atom. The van der Waals surface area contributed by atoms with Crippen LogP contribution in [-0.2, 0) is 14.3 Å². The molecule has 1 fully saturated rings. The van der Waals surface area contributed by atoms with Crippen molar-refractivity contribution in [2.75, 3.05) is 37.5 Å². The molecule has 3 rings (SSSR count). The predicted octanol–water partition coefficient (Wildman–Crippen LogP) is 4.68. The van der Waals surface area contributed by atoms with Crippen LogP contribution in [0.2, 0.25) is 0 Å². The number of rotatable bonds is 10. The van der Waals surface area contributed by atoms with Gasteiger partial charge in [0.2, 0.25) is 0 Å². The highest BCUT2D eigenvalue weighted by molar-refractivity contribution is 8.13. The minimum absolute atomic E-state index is 0.149. The molecule has 0 radical (unpaired) electrons. The highest BCUT2D eigenvalue weighted by atomic mass is 32.2. The van der Waals surface area contributed by atoms with E-state index in [1.807, 2.05) is 63.4 Å². The molecule has 1 saturated heterocycles. The molecular weight excluding hydrogens is 510 g/mol. The van der Waals surface area contributed by atoms with Crippen LogP contribution in [0.3, 0.4) is 0 Å². The van der Waals surface area contributed by atoms with Crippen molar-refractivity contribution in [1.29, 1.82) is 0 Å².